The molecule has 0 unspecified atom stereocenters. The summed E-state index contributed by atoms with van der Waals surface area (Å²) in [5, 5.41) is 3.19. The van der Waals surface area contributed by atoms with Gasteiger partial charge >= 0.3 is 5.97 Å². The molecule has 0 aromatic rings. The molecular weight excluding hydrogens is 216 g/mol. The summed E-state index contributed by atoms with van der Waals surface area (Å²) in [4.78, 5) is 13.6. The highest BCUT2D eigenvalue weighted by molar-refractivity contribution is 5.88. The molecule has 0 aliphatic carbocycles. The first kappa shape index (κ1) is 14.0. The number of nitrogens with one attached hydrogen (secondary N) is 1. The molecule has 1 rings (SSSR count). The first-order valence-electron chi connectivity index (χ1n) is 6.12. The normalized spacial score (nSPS) is 16.4. The first-order chi connectivity index (χ1) is 7.97. The molecule has 0 saturated carbocycles. The number of ether oxygens (including phenoxy) is 1. The topological polar surface area (TPSA) is 41.6 Å². The molecule has 1 heterocycles. The minimum Gasteiger partial charge on any atom is -0.450 e. The average Bonchev–Trinajstić information content (AvgIpc) is 2.67. The zero-order valence-corrected chi connectivity index (χ0v) is 11.0. The Balaban J connectivity index is 2.11. The zero-order valence-electron chi connectivity index (χ0n) is 11.0. The van der Waals surface area contributed by atoms with E-state index in [1.807, 2.05) is 20.8 Å². The molecule has 4 heteroatoms. The smallest absolute Gasteiger partial charge is 0.384 e. The van der Waals surface area contributed by atoms with Gasteiger partial charge in [-0.25, -0.2) is 4.79 Å². The molecule has 1 fully saturated rings. The largest absolute Gasteiger partial charge is 0.450 e. The van der Waals surface area contributed by atoms with Gasteiger partial charge in [0.1, 0.15) is 5.60 Å². The van der Waals surface area contributed by atoms with Crippen molar-refractivity contribution >= 4 is 5.97 Å². The fraction of sp³-hybridized carbons (Fsp3) is 0.769. The number of hydrogen-bond donors (Lipinski definition) is 1. The lowest BCUT2D eigenvalue weighted by Crippen LogP contribution is -2.32. The van der Waals surface area contributed by atoms with Gasteiger partial charge in [-0.05, 0) is 46.7 Å². The standard InChI is InChI=1S/C13H22N2O2/c1-13(2,3)17-12(16)7-6-8-14-11-15-9-4-5-10-15/h14H,4-5,8-11H2,1-3H3. The number of likely N-dealkylation sites (tertiary alicyclic amines) is 1. The number of rotatable bonds is 3. The Morgan fingerprint density at radius 2 is 2.00 bits per heavy atom. The summed E-state index contributed by atoms with van der Waals surface area (Å²) >= 11 is 0. The van der Waals surface area contributed by atoms with E-state index in [1.54, 1.807) is 0 Å². The fourth-order valence-electron chi connectivity index (χ4n) is 1.64. The van der Waals surface area contributed by atoms with Crippen LogP contribution in [0.15, 0.2) is 0 Å². The predicted octanol–water partition coefficient (Wildman–Crippen LogP) is 0.974. The lowest BCUT2D eigenvalue weighted by Gasteiger charge is -2.17. The van der Waals surface area contributed by atoms with Crippen LogP contribution in [-0.2, 0) is 9.53 Å². The van der Waals surface area contributed by atoms with Crippen LogP contribution < -0.4 is 5.32 Å². The third kappa shape index (κ3) is 6.98. The third-order valence-electron chi connectivity index (χ3n) is 2.34. The maximum atomic E-state index is 11.2. The minimum absolute atomic E-state index is 0.458. The zero-order chi connectivity index (χ0) is 12.7. The molecular formula is C13H22N2O2. The van der Waals surface area contributed by atoms with Crippen LogP contribution in [0.25, 0.3) is 0 Å². The Morgan fingerprint density at radius 1 is 1.35 bits per heavy atom. The van der Waals surface area contributed by atoms with E-state index in [-0.39, 0.29) is 0 Å². The third-order valence-corrected chi connectivity index (χ3v) is 2.34. The van der Waals surface area contributed by atoms with Crippen LogP contribution in [0, 0.1) is 11.8 Å². The van der Waals surface area contributed by atoms with Crippen molar-refractivity contribution in [3.8, 4) is 11.8 Å². The van der Waals surface area contributed by atoms with Crippen LogP contribution in [0.1, 0.15) is 33.6 Å². The van der Waals surface area contributed by atoms with E-state index in [4.69, 9.17) is 4.74 Å². The first-order valence-corrected chi connectivity index (χ1v) is 6.12. The summed E-state index contributed by atoms with van der Waals surface area (Å²) in [5.41, 5.74) is -0.464. The van der Waals surface area contributed by atoms with Crippen molar-refractivity contribution in [3.63, 3.8) is 0 Å². The summed E-state index contributed by atoms with van der Waals surface area (Å²) in [6.45, 7) is 9.19. The van der Waals surface area contributed by atoms with Crippen LogP contribution in [0.3, 0.4) is 0 Å². The lowest BCUT2D eigenvalue weighted by atomic mass is 10.2. The SMILES string of the molecule is CC(C)(C)OC(=O)C#CCNCN1CCCC1. The van der Waals surface area contributed by atoms with Crippen LogP contribution in [-0.4, -0.2) is 42.8 Å². The van der Waals surface area contributed by atoms with E-state index in [0.29, 0.717) is 6.54 Å². The van der Waals surface area contributed by atoms with Crippen molar-refractivity contribution in [2.45, 2.75) is 39.2 Å². The second-order valence-corrected chi connectivity index (χ2v) is 5.21. The molecule has 96 valence electrons. The van der Waals surface area contributed by atoms with Crippen LogP contribution in [0.4, 0.5) is 0 Å². The second kappa shape index (κ2) is 6.63. The summed E-state index contributed by atoms with van der Waals surface area (Å²) in [6, 6.07) is 0. The second-order valence-electron chi connectivity index (χ2n) is 5.21. The van der Waals surface area contributed by atoms with Crippen molar-refractivity contribution in [2.24, 2.45) is 0 Å². The molecule has 0 amide bonds. The van der Waals surface area contributed by atoms with E-state index in [2.05, 4.69) is 22.1 Å². The molecule has 1 N–H and O–H groups in total. The van der Waals surface area contributed by atoms with E-state index < -0.39 is 11.6 Å². The van der Waals surface area contributed by atoms with Crippen molar-refractivity contribution < 1.29 is 9.53 Å². The van der Waals surface area contributed by atoms with E-state index in [9.17, 15) is 4.79 Å². The number of esters is 1. The molecule has 0 atom stereocenters. The van der Waals surface area contributed by atoms with Gasteiger partial charge in [0.05, 0.1) is 6.54 Å². The van der Waals surface area contributed by atoms with Gasteiger partial charge in [-0.15, -0.1) is 0 Å². The van der Waals surface area contributed by atoms with E-state index >= 15 is 0 Å². The van der Waals surface area contributed by atoms with Crippen molar-refractivity contribution in [1.29, 1.82) is 0 Å². The Bertz CT molecular complexity index is 304. The van der Waals surface area contributed by atoms with Crippen LogP contribution in [0.2, 0.25) is 0 Å². The summed E-state index contributed by atoms with van der Waals surface area (Å²) in [5.74, 6) is 4.78. The van der Waals surface area contributed by atoms with Gasteiger partial charge in [0.15, 0.2) is 0 Å². The van der Waals surface area contributed by atoms with Crippen molar-refractivity contribution in [1.82, 2.24) is 10.2 Å². The molecule has 0 aromatic carbocycles. The maximum Gasteiger partial charge on any atom is 0.384 e. The van der Waals surface area contributed by atoms with Gasteiger partial charge in [-0.2, -0.15) is 0 Å². The number of nitrogens with zero attached hydrogens (tertiary/aromatic N) is 1. The molecule has 1 aliphatic heterocycles. The predicted molar refractivity (Wildman–Crippen MR) is 67.3 cm³/mol. The molecule has 1 aliphatic rings. The molecule has 0 spiro atoms. The number of hydrogen-bond acceptors (Lipinski definition) is 4. The van der Waals surface area contributed by atoms with Gasteiger partial charge in [-0.3, -0.25) is 10.2 Å². The molecule has 0 radical (unpaired) electrons. The Kier molecular flexibility index (Phi) is 5.46. The maximum absolute atomic E-state index is 11.2. The quantitative estimate of drug-likeness (QED) is 0.344. The highest BCUT2D eigenvalue weighted by Gasteiger charge is 2.14. The molecule has 17 heavy (non-hydrogen) atoms. The van der Waals surface area contributed by atoms with E-state index in [0.717, 1.165) is 19.8 Å². The lowest BCUT2D eigenvalue weighted by molar-refractivity contribution is -0.147. The summed E-state index contributed by atoms with van der Waals surface area (Å²) in [7, 11) is 0. The highest BCUT2D eigenvalue weighted by Crippen LogP contribution is 2.06. The molecule has 0 aromatic heterocycles. The fourth-order valence-corrected chi connectivity index (χ4v) is 1.64. The monoisotopic (exact) mass is 238 g/mol. The average molecular weight is 238 g/mol. The van der Waals surface area contributed by atoms with Crippen molar-refractivity contribution in [3.05, 3.63) is 0 Å². The van der Waals surface area contributed by atoms with Crippen LogP contribution >= 0.6 is 0 Å². The van der Waals surface area contributed by atoms with Gasteiger partial charge < -0.3 is 4.74 Å². The van der Waals surface area contributed by atoms with E-state index in [1.165, 1.54) is 12.8 Å². The summed E-state index contributed by atoms with van der Waals surface area (Å²) < 4.78 is 5.07. The minimum atomic E-state index is -0.464. The summed E-state index contributed by atoms with van der Waals surface area (Å²) in [6.07, 6.45) is 2.57. The number of carbonyl (C=O) groups is 1. The van der Waals surface area contributed by atoms with Gasteiger partial charge in [0, 0.05) is 12.6 Å². The van der Waals surface area contributed by atoms with Gasteiger partial charge in [0.2, 0.25) is 0 Å². The Labute approximate surface area is 104 Å². The van der Waals surface area contributed by atoms with Crippen LogP contribution in [0.5, 0.6) is 0 Å². The number of carbonyl (C=O) groups excluding carboxylic acids is 1. The Hall–Kier alpha value is -1.05. The molecule has 4 nitrogen and oxygen atoms in total. The molecule has 1 saturated heterocycles. The van der Waals surface area contributed by atoms with Gasteiger partial charge in [-0.1, -0.05) is 5.92 Å². The highest BCUT2D eigenvalue weighted by atomic mass is 16.6. The van der Waals surface area contributed by atoms with Crippen molar-refractivity contribution in [2.75, 3.05) is 26.3 Å². The Morgan fingerprint density at radius 3 is 2.59 bits per heavy atom. The molecule has 0 bridgehead atoms. The van der Waals surface area contributed by atoms with Gasteiger partial charge in [0.25, 0.3) is 0 Å².